The van der Waals surface area contributed by atoms with Crippen LogP contribution in [0.25, 0.3) is 10.1 Å². The Labute approximate surface area is 148 Å². The van der Waals surface area contributed by atoms with Crippen LogP contribution >= 0.6 is 11.3 Å². The van der Waals surface area contributed by atoms with Crippen LogP contribution in [-0.4, -0.2) is 30.9 Å². The normalized spacial score (nSPS) is 12.0. The Morgan fingerprint density at radius 2 is 1.80 bits per heavy atom. The predicted octanol–water partition coefficient (Wildman–Crippen LogP) is 4.03. The molecule has 1 unspecified atom stereocenters. The van der Waals surface area contributed by atoms with Gasteiger partial charge in [0.1, 0.15) is 10.7 Å². The summed E-state index contributed by atoms with van der Waals surface area (Å²) < 4.78 is 19.5. The standard InChI is InChI=1S/C19H16FNO3S/c1-21(2)18(22)17(12-6-4-3-5-7-12)24-19(23)16-10-13-8-9-14(20)11-15(13)25-16/h3-11,17H,1-2H3. The van der Waals surface area contributed by atoms with E-state index in [-0.39, 0.29) is 11.7 Å². The fourth-order valence-electron chi connectivity index (χ4n) is 2.39. The van der Waals surface area contributed by atoms with Crippen molar-refractivity contribution in [2.75, 3.05) is 14.1 Å². The molecule has 0 saturated heterocycles. The molecule has 4 nitrogen and oxygen atoms in total. The Hall–Kier alpha value is -2.73. The zero-order chi connectivity index (χ0) is 18.0. The topological polar surface area (TPSA) is 46.6 Å². The first kappa shape index (κ1) is 17.1. The molecule has 1 atom stereocenters. The average Bonchev–Trinajstić information content (AvgIpc) is 3.02. The molecule has 25 heavy (non-hydrogen) atoms. The van der Waals surface area contributed by atoms with Crippen LogP contribution in [-0.2, 0) is 9.53 Å². The summed E-state index contributed by atoms with van der Waals surface area (Å²) in [4.78, 5) is 26.7. The Morgan fingerprint density at radius 1 is 1.08 bits per heavy atom. The van der Waals surface area contributed by atoms with Gasteiger partial charge in [-0.2, -0.15) is 0 Å². The number of thiophene rings is 1. The van der Waals surface area contributed by atoms with E-state index in [2.05, 4.69) is 0 Å². The van der Waals surface area contributed by atoms with Crippen molar-refractivity contribution in [3.63, 3.8) is 0 Å². The number of benzene rings is 2. The van der Waals surface area contributed by atoms with E-state index in [4.69, 9.17) is 4.74 Å². The van der Waals surface area contributed by atoms with E-state index in [9.17, 15) is 14.0 Å². The summed E-state index contributed by atoms with van der Waals surface area (Å²) in [6.07, 6.45) is -1.02. The summed E-state index contributed by atoms with van der Waals surface area (Å²) in [5.41, 5.74) is 0.599. The Morgan fingerprint density at radius 3 is 2.48 bits per heavy atom. The van der Waals surface area contributed by atoms with Gasteiger partial charge in [-0.1, -0.05) is 36.4 Å². The second-order valence-electron chi connectivity index (χ2n) is 5.72. The third kappa shape index (κ3) is 3.69. The van der Waals surface area contributed by atoms with Crippen molar-refractivity contribution < 1.29 is 18.7 Å². The van der Waals surface area contributed by atoms with Crippen molar-refractivity contribution in [3.05, 3.63) is 70.9 Å². The fourth-order valence-corrected chi connectivity index (χ4v) is 3.36. The molecule has 0 aliphatic carbocycles. The molecule has 1 amide bonds. The van der Waals surface area contributed by atoms with Crippen LogP contribution in [0, 0.1) is 5.82 Å². The number of nitrogens with zero attached hydrogens (tertiary/aromatic N) is 1. The van der Waals surface area contributed by atoms with Gasteiger partial charge in [0.25, 0.3) is 5.91 Å². The zero-order valence-corrected chi connectivity index (χ0v) is 14.5. The first-order valence-electron chi connectivity index (χ1n) is 7.62. The largest absolute Gasteiger partial charge is 0.443 e. The molecular formula is C19H16FNO3S. The van der Waals surface area contributed by atoms with Crippen molar-refractivity contribution in [3.8, 4) is 0 Å². The van der Waals surface area contributed by atoms with Gasteiger partial charge in [-0.25, -0.2) is 9.18 Å². The number of carbonyl (C=O) groups is 2. The van der Waals surface area contributed by atoms with E-state index in [1.165, 1.54) is 17.0 Å². The molecule has 1 heterocycles. The molecule has 0 aliphatic heterocycles. The quantitative estimate of drug-likeness (QED) is 0.663. The molecular weight excluding hydrogens is 341 g/mol. The fraction of sp³-hybridized carbons (Fsp3) is 0.158. The summed E-state index contributed by atoms with van der Waals surface area (Å²) in [6, 6.07) is 14.8. The second-order valence-corrected chi connectivity index (χ2v) is 6.81. The van der Waals surface area contributed by atoms with Crippen LogP contribution < -0.4 is 0 Å². The smallest absolute Gasteiger partial charge is 0.349 e. The van der Waals surface area contributed by atoms with Crippen molar-refractivity contribution in [1.82, 2.24) is 4.90 Å². The Kier molecular flexibility index (Phi) is 4.81. The van der Waals surface area contributed by atoms with Crippen molar-refractivity contribution in [2.45, 2.75) is 6.10 Å². The molecule has 0 saturated carbocycles. The lowest BCUT2D eigenvalue weighted by Crippen LogP contribution is -2.31. The lowest BCUT2D eigenvalue weighted by Gasteiger charge is -2.20. The third-order valence-electron chi connectivity index (χ3n) is 3.68. The van der Waals surface area contributed by atoms with Crippen LogP contribution in [0.1, 0.15) is 21.3 Å². The number of carbonyl (C=O) groups excluding carboxylic acids is 2. The molecule has 0 radical (unpaired) electrons. The first-order chi connectivity index (χ1) is 12.0. The number of rotatable bonds is 4. The highest BCUT2D eigenvalue weighted by Crippen LogP contribution is 2.29. The van der Waals surface area contributed by atoms with Crippen molar-refractivity contribution in [2.24, 2.45) is 0 Å². The molecule has 3 rings (SSSR count). The first-order valence-corrected chi connectivity index (χ1v) is 8.43. The third-order valence-corrected chi connectivity index (χ3v) is 4.75. The number of hydrogen-bond acceptors (Lipinski definition) is 4. The van der Waals surface area contributed by atoms with Crippen molar-refractivity contribution >= 4 is 33.3 Å². The summed E-state index contributed by atoms with van der Waals surface area (Å²) in [7, 11) is 3.21. The van der Waals surface area contributed by atoms with Crippen LogP contribution in [0.2, 0.25) is 0 Å². The Balaban J connectivity index is 1.90. The number of halogens is 1. The van der Waals surface area contributed by atoms with Gasteiger partial charge in [-0.15, -0.1) is 11.3 Å². The summed E-state index contributed by atoms with van der Waals surface area (Å²) in [6.45, 7) is 0. The number of amides is 1. The van der Waals surface area contributed by atoms with E-state index < -0.39 is 12.1 Å². The predicted molar refractivity (Wildman–Crippen MR) is 95.1 cm³/mol. The maximum Gasteiger partial charge on any atom is 0.349 e. The highest BCUT2D eigenvalue weighted by molar-refractivity contribution is 7.20. The molecule has 128 valence electrons. The molecule has 2 aromatic carbocycles. The average molecular weight is 357 g/mol. The number of fused-ring (bicyclic) bond motifs is 1. The number of esters is 1. The molecule has 0 spiro atoms. The van der Waals surface area contributed by atoms with Gasteiger partial charge in [0.15, 0.2) is 0 Å². The highest BCUT2D eigenvalue weighted by atomic mass is 32.1. The Bertz CT molecular complexity index is 921. The number of hydrogen-bond donors (Lipinski definition) is 0. The van der Waals surface area contributed by atoms with Gasteiger partial charge in [0.05, 0.1) is 0 Å². The lowest BCUT2D eigenvalue weighted by molar-refractivity contribution is -0.138. The molecule has 1 aromatic heterocycles. The zero-order valence-electron chi connectivity index (χ0n) is 13.7. The number of ether oxygens (including phenoxy) is 1. The van der Waals surface area contributed by atoms with Gasteiger partial charge in [0, 0.05) is 24.4 Å². The minimum atomic E-state index is -1.02. The monoisotopic (exact) mass is 357 g/mol. The van der Waals surface area contributed by atoms with Gasteiger partial charge < -0.3 is 9.64 Å². The van der Waals surface area contributed by atoms with E-state index >= 15 is 0 Å². The SMILES string of the molecule is CN(C)C(=O)C(OC(=O)c1cc2ccc(F)cc2s1)c1ccccc1. The second kappa shape index (κ2) is 7.03. The van der Waals surface area contributed by atoms with Gasteiger partial charge in [-0.05, 0) is 23.6 Å². The van der Waals surface area contributed by atoms with Crippen molar-refractivity contribution in [1.29, 1.82) is 0 Å². The van der Waals surface area contributed by atoms with E-state index in [0.717, 1.165) is 16.7 Å². The minimum Gasteiger partial charge on any atom is -0.443 e. The van der Waals surface area contributed by atoms with Gasteiger partial charge in [-0.3, -0.25) is 4.79 Å². The van der Waals surface area contributed by atoms with Crippen LogP contribution in [0.4, 0.5) is 4.39 Å². The molecule has 6 heteroatoms. The van der Waals surface area contributed by atoms with E-state index in [0.29, 0.717) is 15.1 Å². The highest BCUT2D eigenvalue weighted by Gasteiger charge is 2.27. The van der Waals surface area contributed by atoms with Crippen LogP contribution in [0.5, 0.6) is 0 Å². The molecule has 3 aromatic rings. The van der Waals surface area contributed by atoms with E-state index in [1.807, 2.05) is 6.07 Å². The number of likely N-dealkylation sites (N-methyl/N-ethyl adjacent to an activating group) is 1. The van der Waals surface area contributed by atoms with Gasteiger partial charge in [0.2, 0.25) is 6.10 Å². The molecule has 0 aliphatic rings. The maximum atomic E-state index is 13.3. The molecule has 0 fully saturated rings. The molecule has 0 bridgehead atoms. The summed E-state index contributed by atoms with van der Waals surface area (Å²) >= 11 is 1.14. The molecule has 0 N–H and O–H groups in total. The van der Waals surface area contributed by atoms with Crippen LogP contribution in [0.3, 0.4) is 0 Å². The minimum absolute atomic E-state index is 0.327. The van der Waals surface area contributed by atoms with E-state index in [1.54, 1.807) is 50.5 Å². The van der Waals surface area contributed by atoms with Gasteiger partial charge >= 0.3 is 5.97 Å². The van der Waals surface area contributed by atoms with Crippen LogP contribution in [0.15, 0.2) is 54.6 Å². The lowest BCUT2D eigenvalue weighted by atomic mass is 10.1. The summed E-state index contributed by atoms with van der Waals surface area (Å²) in [5.74, 6) is -1.29. The summed E-state index contributed by atoms with van der Waals surface area (Å²) in [5, 5.41) is 0.758. The maximum absolute atomic E-state index is 13.3.